The van der Waals surface area contributed by atoms with Crippen LogP contribution in [0.3, 0.4) is 0 Å². The third-order valence-electron chi connectivity index (χ3n) is 4.29. The first-order valence-electron chi connectivity index (χ1n) is 8.53. The lowest BCUT2D eigenvalue weighted by molar-refractivity contribution is 0.152. The largest absolute Gasteiger partial charge is 0.393 e. The van der Waals surface area contributed by atoms with Crippen LogP contribution in [0.1, 0.15) is 37.5 Å². The van der Waals surface area contributed by atoms with Crippen LogP contribution in [0.15, 0.2) is 67.3 Å². The molecule has 0 radical (unpaired) electrons. The van der Waals surface area contributed by atoms with E-state index in [1.54, 1.807) is 6.92 Å². The van der Waals surface area contributed by atoms with Crippen molar-refractivity contribution in [2.75, 3.05) is 0 Å². The Labute approximate surface area is 157 Å². The van der Waals surface area contributed by atoms with Crippen LogP contribution in [0.25, 0.3) is 5.57 Å². The lowest BCUT2D eigenvalue weighted by atomic mass is 9.99. The quantitative estimate of drug-likeness (QED) is 0.607. The highest BCUT2D eigenvalue weighted by Crippen LogP contribution is 2.19. The molecule has 2 rings (SSSR count). The van der Waals surface area contributed by atoms with Gasteiger partial charge in [-0.2, -0.15) is 0 Å². The van der Waals surface area contributed by atoms with Crippen LogP contribution in [0, 0.1) is 12.8 Å². The Morgan fingerprint density at radius 3 is 1.92 bits per heavy atom. The van der Waals surface area contributed by atoms with Crippen molar-refractivity contribution in [3.05, 3.63) is 89.0 Å². The summed E-state index contributed by atoms with van der Waals surface area (Å²) in [6.45, 7) is 15.6. The normalized spacial score (nSPS) is 12.6. The molecule has 2 atom stereocenters. The third-order valence-corrected chi connectivity index (χ3v) is 4.54. The van der Waals surface area contributed by atoms with Crippen molar-refractivity contribution in [3.63, 3.8) is 0 Å². The van der Waals surface area contributed by atoms with Crippen molar-refractivity contribution in [1.82, 2.24) is 0 Å². The predicted molar refractivity (Wildman–Crippen MR) is 111 cm³/mol. The summed E-state index contributed by atoms with van der Waals surface area (Å²) < 4.78 is 0. The number of hydrogen-bond acceptors (Lipinski definition) is 1. The van der Waals surface area contributed by atoms with E-state index in [-0.39, 0.29) is 12.0 Å². The molecule has 0 aliphatic carbocycles. The molecule has 25 heavy (non-hydrogen) atoms. The molecule has 2 aromatic rings. The summed E-state index contributed by atoms with van der Waals surface area (Å²) in [5, 5.41) is 9.70. The molecule has 0 heterocycles. The topological polar surface area (TPSA) is 20.2 Å². The highest BCUT2D eigenvalue weighted by atomic mass is 35.5. The van der Waals surface area contributed by atoms with Gasteiger partial charge in [0.25, 0.3) is 0 Å². The summed E-state index contributed by atoms with van der Waals surface area (Å²) in [7, 11) is 0. The molecule has 0 aliphatic rings. The van der Waals surface area contributed by atoms with Crippen molar-refractivity contribution >= 4 is 17.2 Å². The van der Waals surface area contributed by atoms with E-state index >= 15 is 0 Å². The van der Waals surface area contributed by atoms with Crippen molar-refractivity contribution in [2.45, 2.75) is 40.2 Å². The highest BCUT2D eigenvalue weighted by molar-refractivity contribution is 6.30. The average Bonchev–Trinajstić information content (AvgIpc) is 2.57. The Balaban J connectivity index is 0.000000333. The second-order valence-corrected chi connectivity index (χ2v) is 7.08. The smallest absolute Gasteiger partial charge is 0.0574 e. The number of benzene rings is 2. The molecule has 0 saturated carbocycles. The first kappa shape index (κ1) is 21.2. The van der Waals surface area contributed by atoms with Gasteiger partial charge >= 0.3 is 0 Å². The predicted octanol–water partition coefficient (Wildman–Crippen LogP) is 6.48. The molecule has 0 aliphatic heterocycles. The number of aliphatic hydroxyl groups is 1. The van der Waals surface area contributed by atoms with Gasteiger partial charge in [0.1, 0.15) is 0 Å². The third kappa shape index (κ3) is 7.72. The van der Waals surface area contributed by atoms with Crippen LogP contribution in [0.2, 0.25) is 5.02 Å². The van der Waals surface area contributed by atoms with E-state index in [9.17, 15) is 0 Å². The van der Waals surface area contributed by atoms with Crippen molar-refractivity contribution in [1.29, 1.82) is 0 Å². The second-order valence-electron chi connectivity index (χ2n) is 6.65. The minimum Gasteiger partial charge on any atom is -0.393 e. The maximum absolute atomic E-state index is 8.93. The number of allylic oxidation sites excluding steroid dienone is 1. The van der Waals surface area contributed by atoms with Gasteiger partial charge in [0.15, 0.2) is 0 Å². The number of halogens is 1. The fourth-order valence-electron chi connectivity index (χ4n) is 2.15. The SMILES string of the molecule is C=C(C)C(C)C(C)O.C=C(Cc1ccc(Cl)cc1)c1ccc(C)cc1. The fraction of sp³-hybridized carbons (Fsp3) is 0.304. The monoisotopic (exact) mass is 356 g/mol. The van der Waals surface area contributed by atoms with Crippen LogP contribution >= 0.6 is 11.6 Å². The molecule has 1 nitrogen and oxygen atoms in total. The molecule has 134 valence electrons. The maximum atomic E-state index is 8.93. The fourth-order valence-corrected chi connectivity index (χ4v) is 2.28. The van der Waals surface area contributed by atoms with Gasteiger partial charge in [0.2, 0.25) is 0 Å². The summed E-state index contributed by atoms with van der Waals surface area (Å²) in [4.78, 5) is 0. The number of hydrogen-bond donors (Lipinski definition) is 1. The molecule has 0 bridgehead atoms. The molecule has 2 unspecified atom stereocenters. The first-order chi connectivity index (χ1) is 11.7. The van der Waals surface area contributed by atoms with Crippen molar-refractivity contribution < 1.29 is 5.11 Å². The molecule has 2 aromatic carbocycles. The Kier molecular flexibility index (Phi) is 8.68. The minimum atomic E-state index is -0.257. The Hall–Kier alpha value is -1.83. The van der Waals surface area contributed by atoms with Gasteiger partial charge in [0, 0.05) is 10.9 Å². The van der Waals surface area contributed by atoms with Crippen molar-refractivity contribution in [3.8, 4) is 0 Å². The van der Waals surface area contributed by atoms with Gasteiger partial charge in [-0.3, -0.25) is 0 Å². The molecule has 0 aromatic heterocycles. The summed E-state index contributed by atoms with van der Waals surface area (Å²) in [5.74, 6) is 0.231. The van der Waals surface area contributed by atoms with Gasteiger partial charge in [-0.1, -0.05) is 79.2 Å². The van der Waals surface area contributed by atoms with Gasteiger partial charge in [-0.15, -0.1) is 0 Å². The van der Waals surface area contributed by atoms with Gasteiger partial charge in [0.05, 0.1) is 6.10 Å². The Morgan fingerprint density at radius 2 is 1.52 bits per heavy atom. The molecule has 0 fully saturated rings. The van der Waals surface area contributed by atoms with Crippen LogP contribution in [0.5, 0.6) is 0 Å². The molecular formula is C23H29ClO. The Bertz CT molecular complexity index is 681. The number of aryl methyl sites for hydroxylation is 1. The first-order valence-corrected chi connectivity index (χ1v) is 8.91. The Morgan fingerprint density at radius 1 is 1.00 bits per heavy atom. The van der Waals surface area contributed by atoms with E-state index in [0.29, 0.717) is 0 Å². The molecule has 0 amide bonds. The number of aliphatic hydroxyl groups excluding tert-OH is 1. The molecular weight excluding hydrogens is 328 g/mol. The summed E-state index contributed by atoms with van der Waals surface area (Å²) in [6.07, 6.45) is 0.604. The standard InChI is InChI=1S/C16H15Cl.C7H14O/c1-12-3-7-15(8-4-12)13(2)11-14-5-9-16(17)10-6-14;1-5(2)6(3)7(4)8/h3-10H,2,11H2,1H3;6-8H,1H2,2-4H3. The lowest BCUT2D eigenvalue weighted by Crippen LogP contribution is -2.12. The van der Waals surface area contributed by atoms with E-state index in [2.05, 4.69) is 44.3 Å². The highest BCUT2D eigenvalue weighted by Gasteiger charge is 2.07. The van der Waals surface area contributed by atoms with E-state index in [4.69, 9.17) is 16.7 Å². The van der Waals surface area contributed by atoms with E-state index in [1.165, 1.54) is 16.7 Å². The maximum Gasteiger partial charge on any atom is 0.0574 e. The second kappa shape index (κ2) is 10.2. The van der Waals surface area contributed by atoms with Crippen LogP contribution in [-0.4, -0.2) is 11.2 Å². The summed E-state index contributed by atoms with van der Waals surface area (Å²) >= 11 is 5.86. The van der Waals surface area contributed by atoms with Gasteiger partial charge in [-0.25, -0.2) is 0 Å². The zero-order valence-electron chi connectivity index (χ0n) is 15.7. The van der Waals surface area contributed by atoms with Crippen LogP contribution in [-0.2, 0) is 6.42 Å². The zero-order valence-corrected chi connectivity index (χ0v) is 16.5. The zero-order chi connectivity index (χ0) is 19.0. The summed E-state index contributed by atoms with van der Waals surface area (Å²) in [5.41, 5.74) is 5.88. The van der Waals surface area contributed by atoms with Crippen LogP contribution in [0.4, 0.5) is 0 Å². The van der Waals surface area contributed by atoms with Crippen molar-refractivity contribution in [2.24, 2.45) is 5.92 Å². The molecule has 1 N–H and O–H groups in total. The van der Waals surface area contributed by atoms with E-state index < -0.39 is 0 Å². The average molecular weight is 357 g/mol. The lowest BCUT2D eigenvalue weighted by Gasteiger charge is -2.12. The summed E-state index contributed by atoms with van der Waals surface area (Å²) in [6, 6.07) is 16.4. The van der Waals surface area contributed by atoms with E-state index in [1.807, 2.05) is 38.1 Å². The molecule has 0 saturated heterocycles. The minimum absolute atomic E-state index is 0.231. The van der Waals surface area contributed by atoms with Gasteiger partial charge < -0.3 is 5.11 Å². The van der Waals surface area contributed by atoms with Gasteiger partial charge in [-0.05, 0) is 56.0 Å². The molecule has 0 spiro atoms. The van der Waals surface area contributed by atoms with E-state index in [0.717, 1.165) is 22.6 Å². The number of rotatable bonds is 5. The van der Waals surface area contributed by atoms with Crippen LogP contribution < -0.4 is 0 Å². The molecule has 2 heteroatoms.